The molecule has 0 saturated heterocycles. The zero-order valence-corrected chi connectivity index (χ0v) is 29.0. The van der Waals surface area contributed by atoms with Gasteiger partial charge in [-0.2, -0.15) is 0 Å². The second-order valence-corrected chi connectivity index (χ2v) is 15.2. The Morgan fingerprint density at radius 1 is 0.380 bits per heavy atom. The third kappa shape index (κ3) is 4.79. The Balaban J connectivity index is 1.27. The molecule has 236 valence electrons. The molecule has 0 amide bonds. The largest absolute Gasteiger partial charge is 0.135 e. The van der Waals surface area contributed by atoms with E-state index in [1.54, 1.807) is 0 Å². The van der Waals surface area contributed by atoms with Crippen molar-refractivity contribution in [1.82, 2.24) is 0 Å². The SMILES string of the molecule is C1=CCCC(c2ccccccc(-c3ccc4c(c3)sc3ccc5c(-c6ccccc6)cc6sc7ccccc7c6c5c34)c3ccccc23)=C1. The standard InChI is InChI=1S/C48H32S2/c1-2-10-20-35(37-22-12-11-21-36(37)34(19-9-1)31-15-5-3-6-16-31)33-25-26-40-44(29-33)50-43-28-27-38-41(32-17-7-4-8-18-32)30-45-47(48(38)46(40)43)39-23-13-14-24-42(39)49-45/h1-5,7-15,17-30H,6,16H2. The average molecular weight is 673 g/mol. The van der Waals surface area contributed by atoms with E-state index in [0.29, 0.717) is 0 Å². The molecule has 50 heavy (non-hydrogen) atoms. The fourth-order valence-electron chi connectivity index (χ4n) is 7.93. The Hall–Kier alpha value is -5.54. The molecule has 10 rings (SSSR count). The van der Waals surface area contributed by atoms with Gasteiger partial charge in [-0.15, -0.1) is 22.7 Å². The Labute approximate surface area is 299 Å². The molecule has 0 aliphatic heterocycles. The maximum absolute atomic E-state index is 2.43. The summed E-state index contributed by atoms with van der Waals surface area (Å²) in [5.74, 6) is 0. The summed E-state index contributed by atoms with van der Waals surface area (Å²) in [6.45, 7) is 0. The van der Waals surface area contributed by atoms with Crippen molar-refractivity contribution in [2.24, 2.45) is 0 Å². The van der Waals surface area contributed by atoms with Crippen molar-refractivity contribution in [2.75, 3.05) is 0 Å². The van der Waals surface area contributed by atoms with Crippen molar-refractivity contribution >= 4 is 90.1 Å². The van der Waals surface area contributed by atoms with Crippen molar-refractivity contribution < 1.29 is 0 Å². The van der Waals surface area contributed by atoms with Crippen molar-refractivity contribution in [3.8, 4) is 22.3 Å². The van der Waals surface area contributed by atoms with Gasteiger partial charge in [-0.3, -0.25) is 0 Å². The van der Waals surface area contributed by atoms with Crippen molar-refractivity contribution in [2.45, 2.75) is 12.8 Å². The minimum Gasteiger partial charge on any atom is -0.135 e. The Morgan fingerprint density at radius 2 is 1.02 bits per heavy atom. The highest BCUT2D eigenvalue weighted by Gasteiger charge is 2.19. The van der Waals surface area contributed by atoms with E-state index >= 15 is 0 Å². The smallest absolute Gasteiger partial charge is 0.0368 e. The first kappa shape index (κ1) is 29.4. The molecule has 2 heteroatoms. The highest BCUT2D eigenvalue weighted by atomic mass is 32.1. The maximum Gasteiger partial charge on any atom is 0.0368 e. The topological polar surface area (TPSA) is 0 Å². The average Bonchev–Trinajstić information content (AvgIpc) is 3.75. The van der Waals surface area contributed by atoms with E-state index in [1.807, 2.05) is 22.7 Å². The van der Waals surface area contributed by atoms with E-state index in [2.05, 4.69) is 170 Å². The molecule has 2 aromatic heterocycles. The van der Waals surface area contributed by atoms with Gasteiger partial charge in [-0.05, 0) is 86.7 Å². The van der Waals surface area contributed by atoms with E-state index in [-0.39, 0.29) is 0 Å². The Morgan fingerprint density at radius 3 is 1.84 bits per heavy atom. The van der Waals surface area contributed by atoms with Crippen LogP contribution in [0.4, 0.5) is 0 Å². The molecule has 1 aliphatic carbocycles. The minimum atomic E-state index is 1.06. The number of fused-ring (bicyclic) bond motifs is 10. The van der Waals surface area contributed by atoms with Gasteiger partial charge in [0.2, 0.25) is 0 Å². The van der Waals surface area contributed by atoms with Crippen LogP contribution in [-0.2, 0) is 0 Å². The normalized spacial score (nSPS) is 13.1. The molecule has 1 aliphatic rings. The van der Waals surface area contributed by atoms with Crippen molar-refractivity contribution in [3.05, 3.63) is 175 Å². The quantitative estimate of drug-likeness (QED) is 0.175. The van der Waals surface area contributed by atoms with Gasteiger partial charge >= 0.3 is 0 Å². The monoisotopic (exact) mass is 672 g/mol. The summed E-state index contributed by atoms with van der Waals surface area (Å²) in [4.78, 5) is 0. The molecule has 0 atom stereocenters. The number of hydrogen-bond acceptors (Lipinski definition) is 2. The molecule has 0 N–H and O–H groups in total. The van der Waals surface area contributed by atoms with Gasteiger partial charge < -0.3 is 0 Å². The summed E-state index contributed by atoms with van der Waals surface area (Å²) >= 11 is 3.82. The first-order valence-electron chi connectivity index (χ1n) is 17.3. The van der Waals surface area contributed by atoms with Crippen LogP contribution < -0.4 is 0 Å². The fraction of sp³-hybridized carbons (Fsp3) is 0.0417. The molecule has 0 spiro atoms. The summed E-state index contributed by atoms with van der Waals surface area (Å²) in [5, 5.41) is 10.7. The van der Waals surface area contributed by atoms with Crippen LogP contribution in [-0.4, -0.2) is 0 Å². The van der Waals surface area contributed by atoms with Crippen LogP contribution in [0.5, 0.6) is 0 Å². The predicted octanol–water partition coefficient (Wildman–Crippen LogP) is 14.9. The van der Waals surface area contributed by atoms with Crippen molar-refractivity contribution in [3.63, 3.8) is 0 Å². The Kier molecular flexibility index (Phi) is 7.11. The number of thiophene rings is 2. The van der Waals surface area contributed by atoms with Crippen LogP contribution in [0, 0.1) is 0 Å². The third-order valence-corrected chi connectivity index (χ3v) is 12.4. The minimum absolute atomic E-state index is 1.06. The van der Waals surface area contributed by atoms with Gasteiger partial charge in [0.05, 0.1) is 0 Å². The zero-order chi connectivity index (χ0) is 33.0. The van der Waals surface area contributed by atoms with Gasteiger partial charge in [0.1, 0.15) is 0 Å². The summed E-state index contributed by atoms with van der Waals surface area (Å²) in [6, 6.07) is 56.2. The van der Waals surface area contributed by atoms with Gasteiger partial charge in [0, 0.05) is 45.7 Å². The molecule has 7 aromatic carbocycles. The third-order valence-electron chi connectivity index (χ3n) is 10.2. The second-order valence-electron chi connectivity index (χ2n) is 13.1. The number of benzene rings is 6. The van der Waals surface area contributed by atoms with Crippen LogP contribution in [0.15, 0.2) is 170 Å². The van der Waals surface area contributed by atoms with E-state index in [1.165, 1.54) is 95.3 Å². The van der Waals surface area contributed by atoms with Gasteiger partial charge in [0.15, 0.2) is 0 Å². The lowest BCUT2D eigenvalue weighted by Gasteiger charge is -2.13. The number of rotatable bonds is 3. The van der Waals surface area contributed by atoms with Crippen LogP contribution >= 0.6 is 22.7 Å². The van der Waals surface area contributed by atoms with E-state index in [4.69, 9.17) is 0 Å². The van der Waals surface area contributed by atoms with Gasteiger partial charge in [-0.1, -0.05) is 146 Å². The van der Waals surface area contributed by atoms with E-state index in [0.717, 1.165) is 12.8 Å². The second kappa shape index (κ2) is 12.1. The molecule has 0 bridgehead atoms. The molecule has 0 saturated carbocycles. The highest BCUT2D eigenvalue weighted by Crippen LogP contribution is 2.49. The van der Waals surface area contributed by atoms with Crippen LogP contribution in [0.1, 0.15) is 18.4 Å². The number of allylic oxidation sites excluding steroid dienone is 4. The lowest BCUT2D eigenvalue weighted by atomic mass is 9.91. The predicted molar refractivity (Wildman–Crippen MR) is 222 cm³/mol. The van der Waals surface area contributed by atoms with Gasteiger partial charge in [-0.25, -0.2) is 0 Å². The zero-order valence-electron chi connectivity index (χ0n) is 27.4. The summed E-state index contributed by atoms with van der Waals surface area (Å²) in [6.07, 6.45) is 8.89. The number of hydrogen-bond donors (Lipinski definition) is 0. The summed E-state index contributed by atoms with van der Waals surface area (Å²) < 4.78 is 5.33. The van der Waals surface area contributed by atoms with Crippen LogP contribution in [0.2, 0.25) is 0 Å². The molecule has 0 nitrogen and oxygen atoms in total. The lowest BCUT2D eigenvalue weighted by molar-refractivity contribution is 1.06. The van der Waals surface area contributed by atoms with E-state index in [9.17, 15) is 0 Å². The van der Waals surface area contributed by atoms with Crippen LogP contribution in [0.3, 0.4) is 0 Å². The maximum atomic E-state index is 2.43. The summed E-state index contributed by atoms with van der Waals surface area (Å²) in [7, 11) is 0. The van der Waals surface area contributed by atoms with Gasteiger partial charge in [0.25, 0.3) is 0 Å². The van der Waals surface area contributed by atoms with Crippen molar-refractivity contribution in [1.29, 1.82) is 0 Å². The molecular weight excluding hydrogens is 641 g/mol. The van der Waals surface area contributed by atoms with E-state index < -0.39 is 0 Å². The molecule has 0 unspecified atom stereocenters. The highest BCUT2D eigenvalue weighted by molar-refractivity contribution is 7.27. The molecule has 0 fully saturated rings. The molecule has 2 heterocycles. The fourth-order valence-corrected chi connectivity index (χ4v) is 10.2. The van der Waals surface area contributed by atoms with Crippen LogP contribution in [0.25, 0.3) is 89.7 Å². The molecular formula is C48H32S2. The molecule has 9 aromatic rings. The Bertz CT molecular complexity index is 2920. The molecule has 0 radical (unpaired) electrons. The summed E-state index contributed by atoms with van der Waals surface area (Å²) in [5.41, 5.74) is 7.74. The first-order valence-corrected chi connectivity index (χ1v) is 19.0. The first-order chi connectivity index (χ1) is 24.8. The lowest BCUT2D eigenvalue weighted by Crippen LogP contribution is -1.89.